The number of aromatic nitrogens is 1. The van der Waals surface area contributed by atoms with E-state index in [0.717, 1.165) is 16.0 Å². The number of nitrogen functional groups attached to an aromatic ring is 1. The maximum absolute atomic E-state index is 12.1. The molecule has 5 N–H and O–H groups in total. The molecule has 0 radical (unpaired) electrons. The zero-order valence-corrected chi connectivity index (χ0v) is 18.1. The molecule has 0 aliphatic heterocycles. The number of carbonyl (C=O) groups excluding carboxylic acids is 1. The summed E-state index contributed by atoms with van der Waals surface area (Å²) in [5.74, 6) is 6.91. The Labute approximate surface area is 185 Å². The molecule has 1 aliphatic rings. The van der Waals surface area contributed by atoms with Gasteiger partial charge in [0.15, 0.2) is 5.13 Å². The molecule has 1 amide bonds. The highest BCUT2D eigenvalue weighted by atomic mass is 32.1. The number of carbonyl (C=O) groups is 1. The van der Waals surface area contributed by atoms with E-state index in [0.29, 0.717) is 41.6 Å². The van der Waals surface area contributed by atoms with Gasteiger partial charge in [-0.3, -0.25) is 4.79 Å². The van der Waals surface area contributed by atoms with Gasteiger partial charge in [-0.1, -0.05) is 48.2 Å². The highest BCUT2D eigenvalue weighted by Gasteiger charge is 2.18. The van der Waals surface area contributed by atoms with Crippen LogP contribution in [0, 0.1) is 17.8 Å². The number of thiazole rings is 1. The molecule has 2 aromatic carbocycles. The Balaban J connectivity index is 1.29. The van der Waals surface area contributed by atoms with Gasteiger partial charge in [0.1, 0.15) is 11.3 Å². The van der Waals surface area contributed by atoms with Gasteiger partial charge in [0.2, 0.25) is 5.91 Å². The van der Waals surface area contributed by atoms with Crippen molar-refractivity contribution in [2.75, 3.05) is 17.6 Å². The van der Waals surface area contributed by atoms with Crippen LogP contribution < -0.4 is 16.4 Å². The number of hydrogen-bond acceptors (Lipinski definition) is 6. The molecule has 4 rings (SSSR count). The molecule has 0 spiro atoms. The van der Waals surface area contributed by atoms with Crippen LogP contribution in [0.5, 0.6) is 5.75 Å². The molecule has 0 atom stereocenters. The van der Waals surface area contributed by atoms with E-state index in [9.17, 15) is 9.90 Å². The Kier molecular flexibility index (Phi) is 6.58. The summed E-state index contributed by atoms with van der Waals surface area (Å²) < 4.78 is 0.817. The van der Waals surface area contributed by atoms with Crippen LogP contribution in [0.1, 0.15) is 43.2 Å². The van der Waals surface area contributed by atoms with Crippen LogP contribution >= 0.6 is 11.3 Å². The number of rotatable bonds is 6. The molecule has 31 heavy (non-hydrogen) atoms. The van der Waals surface area contributed by atoms with Gasteiger partial charge in [-0.15, -0.1) is 0 Å². The predicted octanol–water partition coefficient (Wildman–Crippen LogP) is 4.24. The van der Waals surface area contributed by atoms with Crippen LogP contribution in [-0.2, 0) is 11.3 Å². The Morgan fingerprint density at radius 1 is 1.26 bits per heavy atom. The van der Waals surface area contributed by atoms with Crippen LogP contribution in [0.25, 0.3) is 10.2 Å². The normalized spacial score (nSPS) is 13.7. The number of aromatic hydroxyl groups is 1. The van der Waals surface area contributed by atoms with E-state index >= 15 is 0 Å². The quantitative estimate of drug-likeness (QED) is 0.435. The molecule has 1 fully saturated rings. The molecular formula is C24H26N4O2S. The minimum Gasteiger partial charge on any atom is -0.506 e. The summed E-state index contributed by atoms with van der Waals surface area (Å²) >= 11 is 1.33. The molecule has 6 nitrogen and oxygen atoms in total. The summed E-state index contributed by atoms with van der Waals surface area (Å²) in [5.41, 5.74) is 8.94. The van der Waals surface area contributed by atoms with E-state index in [2.05, 4.69) is 27.5 Å². The van der Waals surface area contributed by atoms with Crippen molar-refractivity contribution in [1.29, 1.82) is 0 Å². The second-order valence-electron chi connectivity index (χ2n) is 7.88. The number of anilines is 2. The van der Waals surface area contributed by atoms with Crippen molar-refractivity contribution >= 4 is 38.3 Å². The van der Waals surface area contributed by atoms with Crippen molar-refractivity contribution in [3.05, 3.63) is 47.5 Å². The number of hydrogen-bond donors (Lipinski definition) is 4. The van der Waals surface area contributed by atoms with Gasteiger partial charge >= 0.3 is 0 Å². The van der Waals surface area contributed by atoms with Crippen LogP contribution in [0.15, 0.2) is 36.4 Å². The average molecular weight is 435 g/mol. The molecule has 1 saturated carbocycles. The minimum absolute atomic E-state index is 0.0883. The van der Waals surface area contributed by atoms with Gasteiger partial charge in [0, 0.05) is 24.2 Å². The van der Waals surface area contributed by atoms with Gasteiger partial charge in [-0.25, -0.2) is 4.98 Å². The van der Waals surface area contributed by atoms with Crippen LogP contribution in [0.4, 0.5) is 10.8 Å². The largest absolute Gasteiger partial charge is 0.506 e. The molecule has 0 saturated heterocycles. The predicted molar refractivity (Wildman–Crippen MR) is 126 cm³/mol. The third-order valence-electron chi connectivity index (χ3n) is 5.47. The van der Waals surface area contributed by atoms with Crippen molar-refractivity contribution in [2.24, 2.45) is 5.92 Å². The second-order valence-corrected chi connectivity index (χ2v) is 8.94. The highest BCUT2D eigenvalue weighted by molar-refractivity contribution is 7.22. The van der Waals surface area contributed by atoms with Gasteiger partial charge in [-0.05, 0) is 48.6 Å². The zero-order valence-electron chi connectivity index (χ0n) is 17.3. The Bertz CT molecular complexity index is 1140. The number of nitrogens with zero attached hydrogens (tertiary/aromatic N) is 1. The standard InChI is InChI=1S/C24H26N4O2S/c25-24-28-23-20(29)12-17(13-21(23)31-24)8-4-10-26-19-9-3-7-18(11-19)15-27-22(30)14-16-5-1-2-6-16/h3,7,9,11-13,16,26,29H,1-2,5-6,10,14-15H2,(H2,25,28)(H,27,30). The zero-order chi connectivity index (χ0) is 21.6. The van der Waals surface area contributed by atoms with Crippen molar-refractivity contribution in [3.8, 4) is 17.6 Å². The first-order chi connectivity index (χ1) is 15.1. The Hall–Kier alpha value is -3.24. The third kappa shape index (κ3) is 5.68. The number of fused-ring (bicyclic) bond motifs is 1. The van der Waals surface area contributed by atoms with Gasteiger partial charge < -0.3 is 21.5 Å². The van der Waals surface area contributed by atoms with Crippen molar-refractivity contribution in [1.82, 2.24) is 10.3 Å². The summed E-state index contributed by atoms with van der Waals surface area (Å²) in [5, 5.41) is 16.8. The molecule has 1 aliphatic carbocycles. The van der Waals surface area contributed by atoms with Crippen LogP contribution in [-0.4, -0.2) is 22.5 Å². The number of amides is 1. The monoisotopic (exact) mass is 434 g/mol. The molecule has 1 heterocycles. The highest BCUT2D eigenvalue weighted by Crippen LogP contribution is 2.31. The van der Waals surface area contributed by atoms with Crippen molar-refractivity contribution in [2.45, 2.75) is 38.6 Å². The maximum atomic E-state index is 12.1. The lowest BCUT2D eigenvalue weighted by Crippen LogP contribution is -2.24. The van der Waals surface area contributed by atoms with Gasteiger partial charge in [0.25, 0.3) is 0 Å². The fourth-order valence-electron chi connectivity index (χ4n) is 3.93. The topological polar surface area (TPSA) is 100 Å². The molecular weight excluding hydrogens is 408 g/mol. The van der Waals surface area contributed by atoms with E-state index in [1.54, 1.807) is 6.07 Å². The lowest BCUT2D eigenvalue weighted by molar-refractivity contribution is -0.122. The molecule has 160 valence electrons. The lowest BCUT2D eigenvalue weighted by atomic mass is 10.0. The van der Waals surface area contributed by atoms with E-state index in [-0.39, 0.29) is 11.7 Å². The van der Waals surface area contributed by atoms with Crippen LogP contribution in [0.3, 0.4) is 0 Å². The second kappa shape index (κ2) is 9.71. The van der Waals surface area contributed by atoms with E-state index in [1.807, 2.05) is 30.3 Å². The van der Waals surface area contributed by atoms with Crippen LogP contribution in [0.2, 0.25) is 0 Å². The Morgan fingerprint density at radius 3 is 2.94 bits per heavy atom. The molecule has 1 aromatic heterocycles. The number of benzene rings is 2. The molecule has 3 aromatic rings. The number of phenolic OH excluding ortho intramolecular Hbond substituents is 1. The van der Waals surface area contributed by atoms with E-state index < -0.39 is 0 Å². The van der Waals surface area contributed by atoms with E-state index in [4.69, 9.17) is 5.73 Å². The smallest absolute Gasteiger partial charge is 0.220 e. The summed E-state index contributed by atoms with van der Waals surface area (Å²) in [6, 6.07) is 11.5. The fraction of sp³-hybridized carbons (Fsp3) is 0.333. The minimum atomic E-state index is 0.0883. The fourth-order valence-corrected chi connectivity index (χ4v) is 4.73. The summed E-state index contributed by atoms with van der Waals surface area (Å²) in [7, 11) is 0. The SMILES string of the molecule is Nc1nc2c(O)cc(C#CCNc3cccc(CNC(=O)CC4CCCC4)c3)cc2s1. The van der Waals surface area contributed by atoms with Crippen molar-refractivity contribution < 1.29 is 9.90 Å². The van der Waals surface area contributed by atoms with Gasteiger partial charge in [-0.2, -0.15) is 0 Å². The first-order valence-electron chi connectivity index (χ1n) is 10.5. The van der Waals surface area contributed by atoms with E-state index in [1.165, 1.54) is 37.0 Å². The summed E-state index contributed by atoms with van der Waals surface area (Å²) in [6.07, 6.45) is 5.51. The number of nitrogens with one attached hydrogen (secondary N) is 2. The number of phenols is 1. The molecule has 0 unspecified atom stereocenters. The van der Waals surface area contributed by atoms with Gasteiger partial charge in [0.05, 0.1) is 11.2 Å². The molecule has 0 bridgehead atoms. The third-order valence-corrected chi connectivity index (χ3v) is 6.30. The summed E-state index contributed by atoms with van der Waals surface area (Å²) in [4.78, 5) is 16.2. The average Bonchev–Trinajstić information content (AvgIpc) is 3.39. The van der Waals surface area contributed by atoms with Crippen molar-refractivity contribution in [3.63, 3.8) is 0 Å². The Morgan fingerprint density at radius 2 is 2.10 bits per heavy atom. The summed E-state index contributed by atoms with van der Waals surface area (Å²) in [6.45, 7) is 0.991. The number of nitrogens with two attached hydrogens (primary N) is 1. The maximum Gasteiger partial charge on any atom is 0.220 e. The first-order valence-corrected chi connectivity index (χ1v) is 11.4. The lowest BCUT2D eigenvalue weighted by Gasteiger charge is -2.10. The first kappa shape index (κ1) is 21.0. The molecule has 7 heteroatoms.